The van der Waals surface area contributed by atoms with E-state index in [1.807, 2.05) is 0 Å². The van der Waals surface area contributed by atoms with Gasteiger partial charge in [0.2, 0.25) is 12.6 Å². The number of hydrogen-bond donors (Lipinski definition) is 18. The third-order valence-electron chi connectivity index (χ3n) is 23.6. The van der Waals surface area contributed by atoms with Gasteiger partial charge in [-0.15, -0.1) is 0 Å². The SMILES string of the molecule is CC1(C)CCC2(C(=O)OC3OC(COC4OC(CO)C(O)C(O)C4OC4OC(CO)C(O)C(O)C4O)C(O)C(OC4OC(CO)C(O)C(O)C4O)C3O)CCC3(C)C(=CCC4C5(C)CCC(O)C(C)(C(=O)OC6OC(CO)C(O)C(O)C6O)C5CCC43C)C2C1. The summed E-state index contributed by atoms with van der Waals surface area (Å²) in [6, 6.07) is 0. The molecule has 0 amide bonds. The molecule has 0 radical (unpaired) electrons. The summed E-state index contributed by atoms with van der Waals surface area (Å²) in [5.41, 5.74) is -3.70. The predicted molar refractivity (Wildman–Crippen MR) is 297 cm³/mol. The lowest BCUT2D eigenvalue weighted by Crippen LogP contribution is -2.67. The van der Waals surface area contributed by atoms with Crippen LogP contribution in [0.15, 0.2) is 11.6 Å². The van der Waals surface area contributed by atoms with E-state index in [1.165, 1.54) is 0 Å². The molecule has 516 valence electrons. The van der Waals surface area contributed by atoms with E-state index in [1.54, 1.807) is 6.92 Å². The summed E-state index contributed by atoms with van der Waals surface area (Å²) in [6.45, 7) is 8.25. The van der Waals surface area contributed by atoms with Crippen molar-refractivity contribution in [1.29, 1.82) is 0 Å². The van der Waals surface area contributed by atoms with E-state index in [4.69, 9.17) is 47.4 Å². The highest BCUT2D eigenvalue weighted by Gasteiger charge is 2.72. The lowest BCUT2D eigenvalue weighted by Gasteiger charge is -2.71. The third-order valence-corrected chi connectivity index (χ3v) is 23.6. The molecule has 10 aliphatic rings. The molecule has 34 atom stereocenters. The second-order valence-corrected chi connectivity index (χ2v) is 28.9. The van der Waals surface area contributed by atoms with E-state index >= 15 is 4.79 Å². The van der Waals surface area contributed by atoms with Crippen molar-refractivity contribution in [1.82, 2.24) is 0 Å². The van der Waals surface area contributed by atoms with Gasteiger partial charge in [-0.25, -0.2) is 0 Å². The normalized spacial score (nSPS) is 53.6. The molecule has 5 aliphatic carbocycles. The number of esters is 2. The molecule has 0 aromatic carbocycles. The quantitative estimate of drug-likeness (QED) is 0.0537. The maximum absolute atomic E-state index is 15.7. The van der Waals surface area contributed by atoms with E-state index in [0.717, 1.165) is 5.57 Å². The Balaban J connectivity index is 0.929. The number of aliphatic hydroxyl groups is 18. The van der Waals surface area contributed by atoms with E-state index in [9.17, 15) is 96.7 Å². The van der Waals surface area contributed by atoms with Crippen LogP contribution in [0.25, 0.3) is 0 Å². The van der Waals surface area contributed by atoms with Crippen LogP contribution in [0.3, 0.4) is 0 Å². The fraction of sp³-hybridized carbons (Fsp3) is 0.933. The number of allylic oxidation sites excluding steroid dienone is 2. The van der Waals surface area contributed by atoms with Crippen molar-refractivity contribution in [3.05, 3.63) is 11.6 Å². The van der Waals surface area contributed by atoms with Gasteiger partial charge in [-0.1, -0.05) is 46.3 Å². The van der Waals surface area contributed by atoms with Crippen LogP contribution in [0.4, 0.5) is 0 Å². The molecule has 0 spiro atoms. The molecule has 0 aromatic rings. The van der Waals surface area contributed by atoms with Crippen LogP contribution in [0.2, 0.25) is 0 Å². The Morgan fingerprint density at radius 3 is 1.49 bits per heavy atom. The van der Waals surface area contributed by atoms with Crippen molar-refractivity contribution in [2.24, 2.45) is 50.2 Å². The van der Waals surface area contributed by atoms with E-state index in [0.29, 0.717) is 51.4 Å². The second kappa shape index (κ2) is 26.2. The zero-order valence-corrected chi connectivity index (χ0v) is 51.4. The zero-order valence-electron chi connectivity index (χ0n) is 51.4. The van der Waals surface area contributed by atoms with Gasteiger partial charge in [-0.2, -0.15) is 0 Å². The lowest BCUT2D eigenvalue weighted by molar-refractivity contribution is -0.377. The summed E-state index contributed by atoms with van der Waals surface area (Å²) in [4.78, 5) is 30.3. The molecule has 4 saturated carbocycles. The minimum Gasteiger partial charge on any atom is -0.432 e. The molecule has 5 saturated heterocycles. The van der Waals surface area contributed by atoms with Gasteiger partial charge in [0, 0.05) is 0 Å². The molecule has 34 unspecified atom stereocenters. The summed E-state index contributed by atoms with van der Waals surface area (Å²) < 4.78 is 58.7. The minimum atomic E-state index is -2.13. The van der Waals surface area contributed by atoms with Crippen LogP contribution in [0.5, 0.6) is 0 Å². The minimum absolute atomic E-state index is 0.0890. The van der Waals surface area contributed by atoms with Crippen molar-refractivity contribution in [2.45, 2.75) is 265 Å². The largest absolute Gasteiger partial charge is 0.432 e. The van der Waals surface area contributed by atoms with Crippen LogP contribution in [-0.2, 0) is 57.0 Å². The summed E-state index contributed by atoms with van der Waals surface area (Å²) in [5.74, 6) is -2.65. The van der Waals surface area contributed by atoms with Gasteiger partial charge >= 0.3 is 11.9 Å². The van der Waals surface area contributed by atoms with E-state index in [-0.39, 0.29) is 24.2 Å². The molecule has 5 aliphatic heterocycles. The topological polar surface area (TPSA) is 491 Å². The van der Waals surface area contributed by atoms with Gasteiger partial charge in [0.1, 0.15) is 122 Å². The lowest BCUT2D eigenvalue weighted by atomic mass is 9.33. The van der Waals surface area contributed by atoms with Crippen molar-refractivity contribution >= 4 is 11.9 Å². The van der Waals surface area contributed by atoms with E-state index < -0.39 is 244 Å². The molecule has 30 heteroatoms. The van der Waals surface area contributed by atoms with Crippen LogP contribution in [0.1, 0.15) is 106 Å². The average Bonchev–Trinajstić information content (AvgIpc) is 0.680. The Morgan fingerprint density at radius 1 is 0.467 bits per heavy atom. The first kappa shape index (κ1) is 70.4. The molecule has 0 bridgehead atoms. The first-order valence-electron chi connectivity index (χ1n) is 31.5. The molecule has 18 N–H and O–H groups in total. The maximum atomic E-state index is 15.7. The highest BCUT2D eigenvalue weighted by Crippen LogP contribution is 2.76. The Labute approximate surface area is 519 Å². The number of carbonyl (C=O) groups is 2. The van der Waals surface area contributed by atoms with Crippen molar-refractivity contribution in [3.8, 4) is 0 Å². The molecule has 90 heavy (non-hydrogen) atoms. The highest BCUT2D eigenvalue weighted by molar-refractivity contribution is 5.79. The van der Waals surface area contributed by atoms with Crippen LogP contribution < -0.4 is 0 Å². The van der Waals surface area contributed by atoms with E-state index in [2.05, 4.69) is 40.7 Å². The molecular weight excluding hydrogens is 1200 g/mol. The van der Waals surface area contributed by atoms with Gasteiger partial charge in [-0.3, -0.25) is 9.59 Å². The smallest absolute Gasteiger partial charge is 0.317 e. The number of carbonyl (C=O) groups excluding carboxylic acids is 2. The summed E-state index contributed by atoms with van der Waals surface area (Å²) in [6.07, 6.45) is -40.6. The van der Waals surface area contributed by atoms with Crippen molar-refractivity contribution in [3.63, 3.8) is 0 Å². The van der Waals surface area contributed by atoms with Crippen LogP contribution in [0, 0.1) is 50.2 Å². The van der Waals surface area contributed by atoms with Crippen LogP contribution >= 0.6 is 0 Å². The first-order chi connectivity index (χ1) is 42.2. The summed E-state index contributed by atoms with van der Waals surface area (Å²) >= 11 is 0. The second-order valence-electron chi connectivity index (χ2n) is 28.9. The van der Waals surface area contributed by atoms with Gasteiger partial charge in [0.25, 0.3) is 0 Å². The first-order valence-corrected chi connectivity index (χ1v) is 31.5. The third kappa shape index (κ3) is 11.6. The molecule has 30 nitrogen and oxygen atoms in total. The predicted octanol–water partition coefficient (Wildman–Crippen LogP) is -5.71. The van der Waals surface area contributed by atoms with Gasteiger partial charge in [-0.05, 0) is 111 Å². The van der Waals surface area contributed by atoms with Crippen molar-refractivity contribution in [2.75, 3.05) is 33.0 Å². The standard InChI is InChI=1S/C60H96O30/c1-55(2)13-15-60(16-14-57(4)23(24(60)17-55)7-8-30-56(3)11-10-32(65)59(6,31(56)9-12-58(30,57)5)53(79)89-50-44(77)40(73)35(68)27(20-63)84-50)54(80)90-51-45(78)46(87-48-42(75)38(71)33(66)25(18-61)82-48)37(70)29(86-51)22-81-52-47(41(74)36(69)28(21-64)85-52)88-49-43(76)39(72)34(67)26(19-62)83-49/h7,24-52,61-78H,8-22H2,1-6H3. The van der Waals surface area contributed by atoms with Crippen molar-refractivity contribution < 1.29 is 149 Å². The Hall–Kier alpha value is -2.36. The number of rotatable bonds is 15. The molecule has 9 fully saturated rings. The zero-order chi connectivity index (χ0) is 65.9. The Morgan fingerprint density at radius 2 is 0.933 bits per heavy atom. The fourth-order valence-electron chi connectivity index (χ4n) is 17.7. The number of aliphatic hydroxyl groups excluding tert-OH is 18. The van der Waals surface area contributed by atoms with Gasteiger partial charge in [0.15, 0.2) is 18.9 Å². The van der Waals surface area contributed by atoms with Crippen LogP contribution in [-0.4, -0.2) is 297 Å². The highest BCUT2D eigenvalue weighted by atomic mass is 16.8. The van der Waals surface area contributed by atoms with Gasteiger partial charge < -0.3 is 139 Å². The Bertz CT molecular complexity index is 2540. The number of fused-ring (bicyclic) bond motifs is 7. The summed E-state index contributed by atoms with van der Waals surface area (Å²) in [5, 5.41) is 194. The fourth-order valence-corrected chi connectivity index (χ4v) is 17.7. The molecular formula is C60H96O30. The summed E-state index contributed by atoms with van der Waals surface area (Å²) in [7, 11) is 0. The van der Waals surface area contributed by atoms with Gasteiger partial charge in [0.05, 0.1) is 50.0 Å². The maximum Gasteiger partial charge on any atom is 0.317 e. The number of ether oxygens (including phenoxy) is 10. The molecule has 10 rings (SSSR count). The number of hydrogen-bond acceptors (Lipinski definition) is 30. The monoisotopic (exact) mass is 1300 g/mol. The Kier molecular flexibility index (Phi) is 20.5. The average molecular weight is 1300 g/mol. The molecule has 0 aromatic heterocycles. The molecule has 5 heterocycles.